The summed E-state index contributed by atoms with van der Waals surface area (Å²) in [5, 5.41) is 10.3. The lowest BCUT2D eigenvalue weighted by molar-refractivity contribution is 0.0717. The van der Waals surface area contributed by atoms with Crippen molar-refractivity contribution in [3.05, 3.63) is 69.2 Å². The third-order valence-corrected chi connectivity index (χ3v) is 7.27. The first kappa shape index (κ1) is 19.9. The molecule has 7 nitrogen and oxygen atoms in total. The van der Waals surface area contributed by atoms with Crippen LogP contribution in [-0.4, -0.2) is 55.7 Å². The number of aromatic nitrogens is 3. The fourth-order valence-corrected chi connectivity index (χ4v) is 5.43. The van der Waals surface area contributed by atoms with E-state index in [-0.39, 0.29) is 17.9 Å². The van der Waals surface area contributed by atoms with Gasteiger partial charge >= 0.3 is 0 Å². The summed E-state index contributed by atoms with van der Waals surface area (Å²) < 4.78 is 1.71. The van der Waals surface area contributed by atoms with E-state index in [1.807, 2.05) is 40.3 Å². The number of hydrogen-bond acceptors (Lipinski definition) is 5. The first-order valence-electron chi connectivity index (χ1n) is 10.7. The van der Waals surface area contributed by atoms with E-state index in [1.54, 1.807) is 10.9 Å². The summed E-state index contributed by atoms with van der Waals surface area (Å²) in [6, 6.07) is 10.3. The van der Waals surface area contributed by atoms with Crippen LogP contribution in [0.3, 0.4) is 0 Å². The number of amides is 2. The molecule has 0 unspecified atom stereocenters. The molecule has 160 valence electrons. The van der Waals surface area contributed by atoms with Crippen LogP contribution in [0.15, 0.2) is 41.9 Å². The van der Waals surface area contributed by atoms with Crippen LogP contribution in [-0.2, 0) is 19.5 Å². The van der Waals surface area contributed by atoms with Crippen LogP contribution >= 0.6 is 11.3 Å². The Labute approximate surface area is 185 Å². The average Bonchev–Trinajstić information content (AvgIpc) is 3.54. The smallest absolute Gasteiger partial charge is 0.276 e. The Bertz CT molecular complexity index is 1120. The van der Waals surface area contributed by atoms with Crippen molar-refractivity contribution in [2.45, 2.75) is 45.3 Å². The van der Waals surface area contributed by atoms with Crippen LogP contribution in [0.25, 0.3) is 0 Å². The van der Waals surface area contributed by atoms with E-state index in [2.05, 4.69) is 22.4 Å². The predicted octanol–water partition coefficient (Wildman–Crippen LogP) is 3.15. The van der Waals surface area contributed by atoms with Gasteiger partial charge in [0.1, 0.15) is 0 Å². The molecule has 31 heavy (non-hydrogen) atoms. The molecule has 0 N–H and O–H groups in total. The van der Waals surface area contributed by atoms with Crippen LogP contribution in [0.1, 0.15) is 49.7 Å². The third kappa shape index (κ3) is 3.87. The van der Waals surface area contributed by atoms with Gasteiger partial charge in [0.05, 0.1) is 23.7 Å². The minimum atomic E-state index is -0.0886. The maximum atomic E-state index is 13.0. The molecule has 1 aromatic carbocycles. The maximum Gasteiger partial charge on any atom is 0.276 e. The number of fused-ring (bicyclic) bond motifs is 1. The van der Waals surface area contributed by atoms with E-state index < -0.39 is 0 Å². The van der Waals surface area contributed by atoms with Gasteiger partial charge < -0.3 is 9.80 Å². The summed E-state index contributed by atoms with van der Waals surface area (Å²) in [4.78, 5) is 30.5. The molecular formula is C23H25N5O2S. The molecule has 1 fully saturated rings. The number of aryl methyl sites for hydroxylation is 1. The van der Waals surface area contributed by atoms with Gasteiger partial charge in [0.25, 0.3) is 11.8 Å². The van der Waals surface area contributed by atoms with Gasteiger partial charge in [-0.25, -0.2) is 4.68 Å². The van der Waals surface area contributed by atoms with Gasteiger partial charge in [-0.1, -0.05) is 29.5 Å². The highest BCUT2D eigenvalue weighted by molar-refractivity contribution is 7.12. The number of thiophene rings is 1. The molecule has 8 heteroatoms. The van der Waals surface area contributed by atoms with Crippen LogP contribution < -0.4 is 0 Å². The Hall–Kier alpha value is -3.00. The summed E-state index contributed by atoms with van der Waals surface area (Å²) >= 11 is 1.50. The number of likely N-dealkylation sites (tertiary alicyclic amines) is 1. The number of nitrogens with zero attached hydrogens (tertiary/aromatic N) is 5. The molecule has 2 aliphatic rings. The number of carbonyl (C=O) groups is 2. The molecular weight excluding hydrogens is 410 g/mol. The molecule has 0 spiro atoms. The fourth-order valence-electron chi connectivity index (χ4n) is 4.55. The minimum absolute atomic E-state index is 0.0699. The zero-order valence-electron chi connectivity index (χ0n) is 17.5. The van der Waals surface area contributed by atoms with E-state index in [4.69, 9.17) is 0 Å². The lowest BCUT2D eigenvalue weighted by Crippen LogP contribution is -2.38. The second-order valence-electron chi connectivity index (χ2n) is 8.30. The van der Waals surface area contributed by atoms with E-state index in [1.165, 1.54) is 22.5 Å². The summed E-state index contributed by atoms with van der Waals surface area (Å²) in [5.41, 5.74) is 3.89. The van der Waals surface area contributed by atoms with Crippen LogP contribution in [0.4, 0.5) is 0 Å². The fraction of sp³-hybridized carbons (Fsp3) is 0.391. The third-order valence-electron chi connectivity index (χ3n) is 6.27. The first-order chi connectivity index (χ1) is 15.1. The monoisotopic (exact) mass is 435 g/mol. The van der Waals surface area contributed by atoms with Crippen molar-refractivity contribution in [2.24, 2.45) is 0 Å². The maximum absolute atomic E-state index is 13.0. The molecule has 0 saturated carbocycles. The lowest BCUT2D eigenvalue weighted by Gasteiger charge is -2.28. The van der Waals surface area contributed by atoms with Gasteiger partial charge in [-0.15, -0.1) is 16.4 Å². The van der Waals surface area contributed by atoms with Gasteiger partial charge in [-0.3, -0.25) is 9.59 Å². The Morgan fingerprint density at radius 2 is 1.97 bits per heavy atom. The van der Waals surface area contributed by atoms with E-state index in [9.17, 15) is 9.59 Å². The summed E-state index contributed by atoms with van der Waals surface area (Å²) in [6.45, 7) is 4.58. The van der Waals surface area contributed by atoms with Crippen molar-refractivity contribution in [2.75, 3.05) is 13.1 Å². The molecule has 2 amide bonds. The van der Waals surface area contributed by atoms with E-state index >= 15 is 0 Å². The van der Waals surface area contributed by atoms with Crippen molar-refractivity contribution in [1.29, 1.82) is 0 Å². The normalized spacial score (nSPS) is 18.3. The number of rotatable bonds is 4. The van der Waals surface area contributed by atoms with Crippen LogP contribution in [0.2, 0.25) is 0 Å². The van der Waals surface area contributed by atoms with Gasteiger partial charge in [-0.2, -0.15) is 0 Å². The quantitative estimate of drug-likeness (QED) is 0.631. The van der Waals surface area contributed by atoms with E-state index in [0.717, 1.165) is 36.2 Å². The number of benzene rings is 1. The van der Waals surface area contributed by atoms with Gasteiger partial charge in [0.2, 0.25) is 0 Å². The van der Waals surface area contributed by atoms with Crippen molar-refractivity contribution >= 4 is 23.2 Å². The number of carbonyl (C=O) groups excluding carboxylic acids is 2. The molecule has 4 heterocycles. The van der Waals surface area contributed by atoms with Crippen LogP contribution in [0.5, 0.6) is 0 Å². The molecule has 3 aromatic rings. The van der Waals surface area contributed by atoms with Crippen molar-refractivity contribution in [1.82, 2.24) is 24.8 Å². The molecule has 0 bridgehead atoms. The second-order valence-corrected chi connectivity index (χ2v) is 9.21. The van der Waals surface area contributed by atoms with Crippen molar-refractivity contribution in [3.8, 4) is 0 Å². The Balaban J connectivity index is 1.26. The molecule has 0 aliphatic carbocycles. The predicted molar refractivity (Wildman–Crippen MR) is 118 cm³/mol. The first-order valence-corrected chi connectivity index (χ1v) is 11.6. The van der Waals surface area contributed by atoms with Crippen molar-refractivity contribution in [3.63, 3.8) is 0 Å². The minimum Gasteiger partial charge on any atom is -0.333 e. The van der Waals surface area contributed by atoms with Gasteiger partial charge in [0.15, 0.2) is 5.69 Å². The molecule has 5 rings (SSSR count). The van der Waals surface area contributed by atoms with Gasteiger partial charge in [-0.05, 0) is 54.3 Å². The largest absolute Gasteiger partial charge is 0.333 e. The summed E-state index contributed by atoms with van der Waals surface area (Å²) in [7, 11) is 0. The standard InChI is InChI=1S/C23H25N5O2S/c1-16-9-12-31-21(16)23(30)28-10-4-7-19(28)14-27-15-20(24-25-27)22(29)26-11-8-17-5-2-3-6-18(17)13-26/h2-3,5-6,9,12,15,19H,4,7-8,10-11,13-14H2,1H3/t19-/m0/s1. The summed E-state index contributed by atoms with van der Waals surface area (Å²) in [5.74, 6) is 0.00714. The van der Waals surface area contributed by atoms with Crippen LogP contribution in [0, 0.1) is 6.92 Å². The molecule has 0 radical (unpaired) electrons. The topological polar surface area (TPSA) is 71.3 Å². The van der Waals surface area contributed by atoms with Crippen molar-refractivity contribution < 1.29 is 9.59 Å². The number of hydrogen-bond donors (Lipinski definition) is 0. The zero-order valence-corrected chi connectivity index (χ0v) is 18.3. The highest BCUT2D eigenvalue weighted by Gasteiger charge is 2.31. The highest BCUT2D eigenvalue weighted by atomic mass is 32.1. The second kappa shape index (κ2) is 8.26. The molecule has 1 saturated heterocycles. The Morgan fingerprint density at radius 3 is 2.77 bits per heavy atom. The molecule has 2 aliphatic heterocycles. The molecule has 1 atom stereocenters. The van der Waals surface area contributed by atoms with Gasteiger partial charge in [0, 0.05) is 19.6 Å². The van der Waals surface area contributed by atoms with E-state index in [0.29, 0.717) is 25.3 Å². The average molecular weight is 436 g/mol. The Kier molecular flexibility index (Phi) is 5.31. The lowest BCUT2D eigenvalue weighted by atomic mass is 10.00. The highest BCUT2D eigenvalue weighted by Crippen LogP contribution is 2.25. The SMILES string of the molecule is Cc1ccsc1C(=O)N1CCC[C@H]1Cn1cc(C(=O)N2CCc3ccccc3C2)nn1. The molecule has 2 aromatic heterocycles. The zero-order chi connectivity index (χ0) is 21.4. The summed E-state index contributed by atoms with van der Waals surface area (Å²) in [6.07, 6.45) is 4.49. The Morgan fingerprint density at radius 1 is 1.13 bits per heavy atom.